The number of halogens is 2. The Hall–Kier alpha value is -1.85. The Kier molecular flexibility index (Phi) is 6.76. The van der Waals surface area contributed by atoms with Crippen molar-refractivity contribution >= 4 is 6.03 Å². The number of carbonyl (C=O) groups excluding carboxylic acids is 1. The second-order valence-electron chi connectivity index (χ2n) is 4.43. The highest BCUT2D eigenvalue weighted by atomic mass is 19.1. The molecule has 20 heavy (non-hydrogen) atoms. The summed E-state index contributed by atoms with van der Waals surface area (Å²) in [6.07, 6.45) is 1.96. The first-order valence-corrected chi connectivity index (χ1v) is 6.61. The van der Waals surface area contributed by atoms with Crippen LogP contribution in [0.2, 0.25) is 0 Å². The molecule has 112 valence electrons. The molecule has 0 spiro atoms. The van der Waals surface area contributed by atoms with Gasteiger partial charge in [-0.05, 0) is 18.6 Å². The van der Waals surface area contributed by atoms with Crippen LogP contribution in [-0.2, 0) is 0 Å². The lowest BCUT2D eigenvalue weighted by Gasteiger charge is -2.17. The monoisotopic (exact) mass is 286 g/mol. The maximum Gasteiger partial charge on any atom is 0.317 e. The van der Waals surface area contributed by atoms with Gasteiger partial charge in [0.2, 0.25) is 0 Å². The van der Waals surface area contributed by atoms with Gasteiger partial charge in [0.15, 0.2) is 11.6 Å². The molecule has 0 saturated carbocycles. The van der Waals surface area contributed by atoms with Gasteiger partial charge in [-0.3, -0.25) is 0 Å². The molecule has 0 aliphatic rings. The quantitative estimate of drug-likeness (QED) is 0.783. The molecule has 1 aromatic rings. The van der Waals surface area contributed by atoms with Gasteiger partial charge in [0.25, 0.3) is 0 Å². The molecule has 0 saturated heterocycles. The largest absolute Gasteiger partial charge is 0.489 e. The Morgan fingerprint density at radius 2 is 2.15 bits per heavy atom. The van der Waals surface area contributed by atoms with Crippen LogP contribution in [0, 0.1) is 11.6 Å². The van der Waals surface area contributed by atoms with Gasteiger partial charge in [0.05, 0.1) is 6.54 Å². The summed E-state index contributed by atoms with van der Waals surface area (Å²) in [5.74, 6) is -1.43. The van der Waals surface area contributed by atoms with Crippen molar-refractivity contribution in [2.45, 2.75) is 19.8 Å². The molecule has 4 nitrogen and oxygen atoms in total. The number of nitrogens with zero attached hydrogens (tertiary/aromatic N) is 1. The minimum Gasteiger partial charge on any atom is -0.489 e. The van der Waals surface area contributed by atoms with E-state index in [1.165, 1.54) is 6.07 Å². The van der Waals surface area contributed by atoms with Gasteiger partial charge in [0, 0.05) is 19.7 Å². The number of urea groups is 1. The summed E-state index contributed by atoms with van der Waals surface area (Å²) in [7, 11) is 1.71. The topological polar surface area (TPSA) is 41.6 Å². The second-order valence-corrected chi connectivity index (χ2v) is 4.43. The average molecular weight is 286 g/mol. The van der Waals surface area contributed by atoms with E-state index in [0.29, 0.717) is 6.54 Å². The van der Waals surface area contributed by atoms with Gasteiger partial charge >= 0.3 is 6.03 Å². The molecule has 1 aromatic carbocycles. The van der Waals surface area contributed by atoms with Gasteiger partial charge in [-0.25, -0.2) is 13.6 Å². The minimum absolute atomic E-state index is 0.0278. The van der Waals surface area contributed by atoms with E-state index in [0.717, 1.165) is 25.0 Å². The highest BCUT2D eigenvalue weighted by molar-refractivity contribution is 5.73. The van der Waals surface area contributed by atoms with Gasteiger partial charge in [0.1, 0.15) is 12.4 Å². The molecular weight excluding hydrogens is 266 g/mol. The van der Waals surface area contributed by atoms with Crippen molar-refractivity contribution in [3.05, 3.63) is 29.8 Å². The number of amides is 2. The Labute approximate surface area is 117 Å². The number of unbranched alkanes of at least 4 members (excludes halogenated alkanes) is 1. The van der Waals surface area contributed by atoms with E-state index in [1.807, 2.05) is 0 Å². The Morgan fingerprint density at radius 3 is 2.80 bits per heavy atom. The van der Waals surface area contributed by atoms with Gasteiger partial charge in [-0.1, -0.05) is 13.3 Å². The summed E-state index contributed by atoms with van der Waals surface area (Å²) in [4.78, 5) is 13.2. The predicted octanol–water partition coefficient (Wildman–Crippen LogP) is 2.79. The molecule has 0 bridgehead atoms. The Morgan fingerprint density at radius 1 is 1.40 bits per heavy atom. The highest BCUT2D eigenvalue weighted by Gasteiger charge is 2.07. The summed E-state index contributed by atoms with van der Waals surface area (Å²) in [6.45, 7) is 3.12. The lowest BCUT2D eigenvalue weighted by molar-refractivity contribution is 0.204. The molecule has 0 heterocycles. The fourth-order valence-electron chi connectivity index (χ4n) is 1.54. The average Bonchev–Trinajstić information content (AvgIpc) is 2.42. The van der Waals surface area contributed by atoms with Crippen molar-refractivity contribution in [1.82, 2.24) is 10.2 Å². The molecule has 0 radical (unpaired) electrons. The smallest absolute Gasteiger partial charge is 0.317 e. The summed E-state index contributed by atoms with van der Waals surface area (Å²) >= 11 is 0. The van der Waals surface area contributed by atoms with Crippen molar-refractivity contribution < 1.29 is 18.3 Å². The summed E-state index contributed by atoms with van der Waals surface area (Å²) in [6, 6.07) is 2.91. The zero-order valence-corrected chi connectivity index (χ0v) is 11.8. The van der Waals surface area contributed by atoms with E-state index in [-0.39, 0.29) is 24.9 Å². The third-order valence-corrected chi connectivity index (χ3v) is 2.72. The van der Waals surface area contributed by atoms with E-state index in [9.17, 15) is 13.6 Å². The maximum atomic E-state index is 13.2. The number of hydrogen-bond acceptors (Lipinski definition) is 2. The van der Waals surface area contributed by atoms with Crippen LogP contribution in [0.25, 0.3) is 0 Å². The molecule has 0 aliphatic heterocycles. The maximum absolute atomic E-state index is 13.2. The van der Waals surface area contributed by atoms with Crippen LogP contribution in [0.5, 0.6) is 5.75 Å². The van der Waals surface area contributed by atoms with Crippen LogP contribution in [0.4, 0.5) is 13.6 Å². The standard InChI is InChI=1S/C14H20F2N2O2/c1-3-4-8-18(2)14(19)17-7-9-20-13-6-5-11(15)10-12(13)16/h5-6,10H,3-4,7-9H2,1-2H3,(H,17,19). The third kappa shape index (κ3) is 5.42. The summed E-state index contributed by atoms with van der Waals surface area (Å²) < 4.78 is 31.0. The molecule has 1 N–H and O–H groups in total. The fourth-order valence-corrected chi connectivity index (χ4v) is 1.54. The number of benzene rings is 1. The number of ether oxygens (including phenoxy) is 1. The van der Waals surface area contributed by atoms with E-state index >= 15 is 0 Å². The van der Waals surface area contributed by atoms with Crippen molar-refractivity contribution in [3.63, 3.8) is 0 Å². The molecule has 0 atom stereocenters. The molecule has 0 fully saturated rings. The number of rotatable bonds is 7. The molecule has 1 rings (SSSR count). The summed E-state index contributed by atoms with van der Waals surface area (Å²) in [5, 5.41) is 2.66. The van der Waals surface area contributed by atoms with E-state index in [1.54, 1.807) is 11.9 Å². The van der Waals surface area contributed by atoms with Gasteiger partial charge < -0.3 is 15.0 Å². The van der Waals surface area contributed by atoms with Crippen LogP contribution in [0.15, 0.2) is 18.2 Å². The van der Waals surface area contributed by atoms with Crippen LogP contribution in [-0.4, -0.2) is 37.7 Å². The van der Waals surface area contributed by atoms with Crippen molar-refractivity contribution in [2.24, 2.45) is 0 Å². The number of nitrogens with one attached hydrogen (secondary N) is 1. The molecule has 2 amide bonds. The molecule has 0 aromatic heterocycles. The fraction of sp³-hybridized carbons (Fsp3) is 0.500. The van der Waals surface area contributed by atoms with Gasteiger partial charge in [-0.2, -0.15) is 0 Å². The lowest BCUT2D eigenvalue weighted by atomic mass is 10.3. The first-order valence-electron chi connectivity index (χ1n) is 6.61. The number of carbonyl (C=O) groups is 1. The van der Waals surface area contributed by atoms with Crippen molar-refractivity contribution in [3.8, 4) is 5.75 Å². The zero-order chi connectivity index (χ0) is 15.0. The van der Waals surface area contributed by atoms with Crippen molar-refractivity contribution in [2.75, 3.05) is 26.7 Å². The molecule has 6 heteroatoms. The Bertz CT molecular complexity index is 441. The second kappa shape index (κ2) is 8.35. The van der Waals surface area contributed by atoms with E-state index < -0.39 is 11.6 Å². The molecule has 0 aliphatic carbocycles. The van der Waals surface area contributed by atoms with Crippen LogP contribution >= 0.6 is 0 Å². The molecule has 0 unspecified atom stereocenters. The third-order valence-electron chi connectivity index (χ3n) is 2.72. The first kappa shape index (κ1) is 16.2. The molecular formula is C14H20F2N2O2. The van der Waals surface area contributed by atoms with Crippen LogP contribution in [0.3, 0.4) is 0 Å². The van der Waals surface area contributed by atoms with Gasteiger partial charge in [-0.15, -0.1) is 0 Å². The van der Waals surface area contributed by atoms with Crippen molar-refractivity contribution in [1.29, 1.82) is 0 Å². The van der Waals surface area contributed by atoms with Crippen LogP contribution in [0.1, 0.15) is 19.8 Å². The summed E-state index contributed by atoms with van der Waals surface area (Å²) in [5.41, 5.74) is 0. The SMILES string of the molecule is CCCCN(C)C(=O)NCCOc1ccc(F)cc1F. The first-order chi connectivity index (χ1) is 9.54. The normalized spacial score (nSPS) is 10.2. The Balaban J connectivity index is 2.26. The van der Waals surface area contributed by atoms with Crippen LogP contribution < -0.4 is 10.1 Å². The lowest BCUT2D eigenvalue weighted by Crippen LogP contribution is -2.39. The predicted molar refractivity (Wildman–Crippen MR) is 72.8 cm³/mol. The highest BCUT2D eigenvalue weighted by Crippen LogP contribution is 2.17. The minimum atomic E-state index is -0.753. The number of hydrogen-bond donors (Lipinski definition) is 1. The van der Waals surface area contributed by atoms with E-state index in [2.05, 4.69) is 12.2 Å². The van der Waals surface area contributed by atoms with E-state index in [4.69, 9.17) is 4.74 Å². The zero-order valence-electron chi connectivity index (χ0n) is 11.8.